The zero-order valence-corrected chi connectivity index (χ0v) is 11.3. The summed E-state index contributed by atoms with van der Waals surface area (Å²) >= 11 is 0. The molecule has 2 aliphatic rings. The molecule has 1 aromatic heterocycles. The van der Waals surface area contributed by atoms with Crippen molar-refractivity contribution in [2.24, 2.45) is 11.7 Å². The first-order valence-electron chi connectivity index (χ1n) is 7.36. The molecule has 3 nitrogen and oxygen atoms in total. The van der Waals surface area contributed by atoms with Crippen molar-refractivity contribution in [3.05, 3.63) is 23.7 Å². The molecule has 0 amide bonds. The van der Waals surface area contributed by atoms with Gasteiger partial charge in [0.05, 0.1) is 6.04 Å². The van der Waals surface area contributed by atoms with Crippen LogP contribution in [0.25, 0.3) is 0 Å². The fraction of sp³-hybridized carbons (Fsp3) is 0.733. The number of furan rings is 1. The first-order valence-corrected chi connectivity index (χ1v) is 7.36. The normalized spacial score (nSPS) is 21.5. The Balaban J connectivity index is 1.75. The molecule has 0 radical (unpaired) electrons. The minimum atomic E-state index is 0.290. The average Bonchev–Trinajstić information content (AvgIpc) is 3.28. The van der Waals surface area contributed by atoms with E-state index in [4.69, 9.17) is 10.2 Å². The Hall–Kier alpha value is -0.800. The van der Waals surface area contributed by atoms with Crippen LogP contribution in [0.5, 0.6) is 0 Å². The molecular formula is C15H24N2O. The maximum absolute atomic E-state index is 6.02. The zero-order chi connectivity index (χ0) is 12.5. The highest BCUT2D eigenvalue weighted by Crippen LogP contribution is 2.39. The monoisotopic (exact) mass is 248 g/mol. The molecule has 1 atom stereocenters. The van der Waals surface area contributed by atoms with Crippen LogP contribution in [0.15, 0.2) is 16.5 Å². The lowest BCUT2D eigenvalue weighted by Crippen LogP contribution is -2.36. The van der Waals surface area contributed by atoms with Gasteiger partial charge >= 0.3 is 0 Å². The summed E-state index contributed by atoms with van der Waals surface area (Å²) in [6.07, 6.45) is 6.44. The van der Waals surface area contributed by atoms with Gasteiger partial charge in [0.15, 0.2) is 0 Å². The topological polar surface area (TPSA) is 42.4 Å². The summed E-state index contributed by atoms with van der Waals surface area (Å²) in [5, 5.41) is 0. The summed E-state index contributed by atoms with van der Waals surface area (Å²) in [4.78, 5) is 2.61. The van der Waals surface area contributed by atoms with Crippen molar-refractivity contribution in [2.45, 2.75) is 51.1 Å². The molecule has 0 spiro atoms. The fourth-order valence-corrected chi connectivity index (χ4v) is 2.71. The molecule has 0 aliphatic heterocycles. The Labute approximate surface area is 109 Å². The lowest BCUT2D eigenvalue weighted by Gasteiger charge is -2.29. The molecule has 2 saturated carbocycles. The lowest BCUT2D eigenvalue weighted by molar-refractivity contribution is 0.161. The van der Waals surface area contributed by atoms with E-state index in [2.05, 4.69) is 24.0 Å². The quantitative estimate of drug-likeness (QED) is 0.806. The number of rotatable bonds is 7. The van der Waals surface area contributed by atoms with E-state index in [1.165, 1.54) is 32.2 Å². The second-order valence-electron chi connectivity index (χ2n) is 5.78. The maximum Gasteiger partial charge on any atom is 0.122 e. The van der Waals surface area contributed by atoms with Gasteiger partial charge in [-0.25, -0.2) is 0 Å². The third kappa shape index (κ3) is 2.62. The summed E-state index contributed by atoms with van der Waals surface area (Å²) in [6.45, 7) is 4.01. The third-order valence-electron chi connectivity index (χ3n) is 4.16. The van der Waals surface area contributed by atoms with Crippen molar-refractivity contribution in [2.75, 3.05) is 13.1 Å². The molecule has 2 fully saturated rings. The third-order valence-corrected chi connectivity index (χ3v) is 4.16. The number of aryl methyl sites for hydroxylation is 1. The van der Waals surface area contributed by atoms with Gasteiger partial charge in [0.25, 0.3) is 0 Å². The van der Waals surface area contributed by atoms with Gasteiger partial charge in [0.2, 0.25) is 0 Å². The standard InChI is InChI=1S/C15H24N2O/c1-2-13-7-8-15(18-13)14(9-16)17(12-5-6-12)10-11-3-4-11/h7-8,11-12,14H,2-6,9-10,16H2,1H3. The van der Waals surface area contributed by atoms with Gasteiger partial charge in [-0.15, -0.1) is 0 Å². The van der Waals surface area contributed by atoms with Gasteiger partial charge in [0, 0.05) is 25.6 Å². The van der Waals surface area contributed by atoms with Crippen LogP contribution >= 0.6 is 0 Å². The summed E-state index contributed by atoms with van der Waals surface area (Å²) < 4.78 is 5.93. The van der Waals surface area contributed by atoms with Crippen LogP contribution in [0.1, 0.15) is 50.2 Å². The molecule has 1 heterocycles. The molecule has 0 saturated heterocycles. The van der Waals surface area contributed by atoms with Crippen LogP contribution in [0.4, 0.5) is 0 Å². The van der Waals surface area contributed by atoms with Gasteiger partial charge < -0.3 is 10.2 Å². The first-order chi connectivity index (χ1) is 8.81. The predicted molar refractivity (Wildman–Crippen MR) is 72.3 cm³/mol. The molecule has 2 N–H and O–H groups in total. The van der Waals surface area contributed by atoms with Crippen molar-refractivity contribution in [1.29, 1.82) is 0 Å². The van der Waals surface area contributed by atoms with E-state index in [0.29, 0.717) is 12.6 Å². The van der Waals surface area contributed by atoms with Crippen LogP contribution < -0.4 is 5.73 Å². The molecule has 0 aromatic carbocycles. The highest BCUT2D eigenvalue weighted by atomic mass is 16.3. The Morgan fingerprint density at radius 1 is 1.33 bits per heavy atom. The SMILES string of the molecule is CCc1ccc(C(CN)N(CC2CC2)C2CC2)o1. The summed E-state index contributed by atoms with van der Waals surface area (Å²) in [5.41, 5.74) is 6.02. The summed E-state index contributed by atoms with van der Waals surface area (Å²) in [5.74, 6) is 3.06. The van der Waals surface area contributed by atoms with Crippen molar-refractivity contribution in [1.82, 2.24) is 4.90 Å². The van der Waals surface area contributed by atoms with E-state index >= 15 is 0 Å². The summed E-state index contributed by atoms with van der Waals surface area (Å²) in [7, 11) is 0. The van der Waals surface area contributed by atoms with Gasteiger partial charge in [-0.3, -0.25) is 4.90 Å². The molecule has 100 valence electrons. The van der Waals surface area contributed by atoms with Crippen LogP contribution in [0, 0.1) is 5.92 Å². The number of hydrogen-bond donors (Lipinski definition) is 1. The Kier molecular flexibility index (Phi) is 3.44. The second-order valence-corrected chi connectivity index (χ2v) is 5.78. The lowest BCUT2D eigenvalue weighted by atomic mass is 10.1. The number of hydrogen-bond acceptors (Lipinski definition) is 3. The van der Waals surface area contributed by atoms with E-state index in [-0.39, 0.29) is 0 Å². The van der Waals surface area contributed by atoms with Crippen molar-refractivity contribution in [3.63, 3.8) is 0 Å². The van der Waals surface area contributed by atoms with Crippen molar-refractivity contribution < 1.29 is 4.42 Å². The van der Waals surface area contributed by atoms with Crippen molar-refractivity contribution in [3.8, 4) is 0 Å². The summed E-state index contributed by atoms with van der Waals surface area (Å²) in [6, 6.07) is 5.27. The van der Waals surface area contributed by atoms with Gasteiger partial charge in [-0.1, -0.05) is 6.92 Å². The van der Waals surface area contributed by atoms with Crippen LogP contribution in [-0.4, -0.2) is 24.0 Å². The molecule has 1 aromatic rings. The van der Waals surface area contributed by atoms with Gasteiger partial charge in [-0.2, -0.15) is 0 Å². The highest BCUT2D eigenvalue weighted by Gasteiger charge is 2.38. The largest absolute Gasteiger partial charge is 0.464 e. The van der Waals surface area contributed by atoms with Gasteiger partial charge in [0.1, 0.15) is 11.5 Å². The average molecular weight is 248 g/mol. The van der Waals surface area contributed by atoms with Crippen molar-refractivity contribution >= 4 is 0 Å². The Morgan fingerprint density at radius 2 is 2.11 bits per heavy atom. The van der Waals surface area contributed by atoms with E-state index in [0.717, 1.165) is 29.9 Å². The number of nitrogens with two attached hydrogens (primary N) is 1. The maximum atomic E-state index is 6.02. The minimum Gasteiger partial charge on any atom is -0.464 e. The second kappa shape index (κ2) is 5.06. The Morgan fingerprint density at radius 3 is 2.61 bits per heavy atom. The number of nitrogens with zero attached hydrogens (tertiary/aromatic N) is 1. The molecule has 3 rings (SSSR count). The Bertz CT molecular complexity index is 393. The molecule has 3 heteroatoms. The molecule has 1 unspecified atom stereocenters. The van der Waals surface area contributed by atoms with Crippen LogP contribution in [0.2, 0.25) is 0 Å². The van der Waals surface area contributed by atoms with Crippen LogP contribution in [-0.2, 0) is 6.42 Å². The van der Waals surface area contributed by atoms with E-state index in [9.17, 15) is 0 Å². The molecule has 18 heavy (non-hydrogen) atoms. The van der Waals surface area contributed by atoms with Gasteiger partial charge in [-0.05, 0) is 43.7 Å². The minimum absolute atomic E-state index is 0.290. The zero-order valence-electron chi connectivity index (χ0n) is 11.3. The molecular weight excluding hydrogens is 224 g/mol. The predicted octanol–water partition coefficient (Wildman–Crippen LogP) is 2.72. The fourth-order valence-electron chi connectivity index (χ4n) is 2.71. The smallest absolute Gasteiger partial charge is 0.122 e. The first kappa shape index (κ1) is 12.2. The molecule has 0 bridgehead atoms. The van der Waals surface area contributed by atoms with Crippen LogP contribution in [0.3, 0.4) is 0 Å². The highest BCUT2D eigenvalue weighted by molar-refractivity contribution is 5.13. The van der Waals surface area contributed by atoms with E-state index < -0.39 is 0 Å². The molecule has 2 aliphatic carbocycles. The van der Waals surface area contributed by atoms with E-state index in [1.54, 1.807) is 0 Å². The van der Waals surface area contributed by atoms with E-state index in [1.807, 2.05) is 0 Å².